The first-order valence-corrected chi connectivity index (χ1v) is 7.15. The van der Waals surface area contributed by atoms with E-state index in [2.05, 4.69) is 0 Å². The number of ether oxygens (including phenoxy) is 3. The molecule has 1 aromatic rings. The molecule has 1 fully saturated rings. The van der Waals surface area contributed by atoms with Crippen molar-refractivity contribution in [3.8, 4) is 17.2 Å². The second-order valence-electron chi connectivity index (χ2n) is 5.33. The van der Waals surface area contributed by atoms with Crippen LogP contribution >= 0.6 is 0 Å². The highest BCUT2D eigenvalue weighted by atomic mass is 16.7. The van der Waals surface area contributed by atoms with Crippen LogP contribution in [0.4, 0.5) is 0 Å². The van der Waals surface area contributed by atoms with Gasteiger partial charge in [0.2, 0.25) is 6.79 Å². The van der Waals surface area contributed by atoms with Crippen LogP contribution in [-0.2, 0) is 0 Å². The van der Waals surface area contributed by atoms with Crippen LogP contribution in [0, 0.1) is 0 Å². The molecule has 0 bridgehead atoms. The Labute approximate surface area is 113 Å². The summed E-state index contributed by atoms with van der Waals surface area (Å²) in [5.74, 6) is 2.37. The van der Waals surface area contributed by atoms with Gasteiger partial charge in [0, 0.05) is 12.1 Å². The van der Waals surface area contributed by atoms with Crippen LogP contribution in [0.2, 0.25) is 0 Å². The molecule has 2 N–H and O–H groups in total. The third-order valence-electron chi connectivity index (χ3n) is 3.89. The van der Waals surface area contributed by atoms with E-state index in [0.29, 0.717) is 6.79 Å². The minimum Gasteiger partial charge on any atom is -0.489 e. The fourth-order valence-electron chi connectivity index (χ4n) is 2.75. The lowest BCUT2D eigenvalue weighted by Crippen LogP contribution is -2.39. The summed E-state index contributed by atoms with van der Waals surface area (Å²) in [7, 11) is 0. The molecule has 104 valence electrons. The Morgan fingerprint density at radius 2 is 1.79 bits per heavy atom. The Morgan fingerprint density at radius 1 is 1.00 bits per heavy atom. The molecular formula is C15H21NO3. The number of hydrogen-bond donors (Lipinski definition) is 1. The van der Waals surface area contributed by atoms with Crippen molar-refractivity contribution in [3.63, 3.8) is 0 Å². The van der Waals surface area contributed by atoms with Crippen molar-refractivity contribution < 1.29 is 14.2 Å². The minimum atomic E-state index is 0.112. The monoisotopic (exact) mass is 263 g/mol. The zero-order valence-electron chi connectivity index (χ0n) is 11.1. The van der Waals surface area contributed by atoms with E-state index in [1.54, 1.807) is 0 Å². The number of fused-ring (bicyclic) bond motifs is 1. The molecule has 1 saturated carbocycles. The summed E-state index contributed by atoms with van der Waals surface area (Å²) in [6.45, 7) is 0.293. The van der Waals surface area contributed by atoms with Crippen LogP contribution < -0.4 is 19.9 Å². The quantitative estimate of drug-likeness (QED) is 0.891. The van der Waals surface area contributed by atoms with Gasteiger partial charge in [-0.15, -0.1) is 0 Å². The van der Waals surface area contributed by atoms with Crippen molar-refractivity contribution >= 4 is 0 Å². The molecule has 4 heteroatoms. The Hall–Kier alpha value is -1.42. The molecule has 0 amide bonds. The van der Waals surface area contributed by atoms with Crippen molar-refractivity contribution in [3.05, 3.63) is 18.2 Å². The van der Waals surface area contributed by atoms with Gasteiger partial charge in [0.15, 0.2) is 11.5 Å². The molecule has 19 heavy (non-hydrogen) atoms. The number of rotatable bonds is 2. The van der Waals surface area contributed by atoms with Crippen molar-refractivity contribution in [1.29, 1.82) is 0 Å². The van der Waals surface area contributed by atoms with Crippen LogP contribution in [0.15, 0.2) is 18.2 Å². The molecule has 0 spiro atoms. The van der Waals surface area contributed by atoms with E-state index < -0.39 is 0 Å². The second kappa shape index (κ2) is 5.70. The summed E-state index contributed by atoms with van der Waals surface area (Å²) in [4.78, 5) is 0. The fraction of sp³-hybridized carbons (Fsp3) is 0.600. The first kappa shape index (κ1) is 12.6. The van der Waals surface area contributed by atoms with Crippen molar-refractivity contribution in [2.45, 2.75) is 50.7 Å². The Kier molecular flexibility index (Phi) is 3.78. The summed E-state index contributed by atoms with van der Waals surface area (Å²) in [6.07, 6.45) is 7.19. The zero-order valence-corrected chi connectivity index (χ0v) is 11.1. The normalized spacial score (nSPS) is 26.6. The molecule has 2 unspecified atom stereocenters. The third kappa shape index (κ3) is 2.95. The van der Waals surface area contributed by atoms with E-state index in [0.717, 1.165) is 30.1 Å². The molecule has 0 saturated heterocycles. The van der Waals surface area contributed by atoms with Crippen LogP contribution in [0.5, 0.6) is 17.2 Å². The molecule has 1 aromatic carbocycles. The summed E-state index contributed by atoms with van der Waals surface area (Å²) in [5.41, 5.74) is 6.23. The molecule has 4 nitrogen and oxygen atoms in total. The van der Waals surface area contributed by atoms with Gasteiger partial charge in [-0.2, -0.15) is 0 Å². The second-order valence-corrected chi connectivity index (χ2v) is 5.33. The van der Waals surface area contributed by atoms with Gasteiger partial charge < -0.3 is 19.9 Å². The fourth-order valence-corrected chi connectivity index (χ4v) is 2.75. The standard InChI is InChI=1S/C15H21NO3/c16-12-5-3-1-2-4-6-13(12)19-11-7-8-14-15(9-11)18-10-17-14/h7-9,12-13H,1-6,10,16H2. The lowest BCUT2D eigenvalue weighted by molar-refractivity contribution is 0.144. The Balaban J connectivity index is 1.68. The van der Waals surface area contributed by atoms with Crippen LogP contribution in [0.3, 0.4) is 0 Å². The maximum atomic E-state index is 6.23. The average molecular weight is 263 g/mol. The van der Waals surface area contributed by atoms with Gasteiger partial charge in [-0.1, -0.05) is 19.3 Å². The van der Waals surface area contributed by atoms with E-state index in [4.69, 9.17) is 19.9 Å². The lowest BCUT2D eigenvalue weighted by atomic mass is 9.95. The van der Waals surface area contributed by atoms with E-state index in [1.807, 2.05) is 18.2 Å². The van der Waals surface area contributed by atoms with E-state index in [-0.39, 0.29) is 12.1 Å². The Bertz CT molecular complexity index is 435. The van der Waals surface area contributed by atoms with E-state index in [9.17, 15) is 0 Å². The lowest BCUT2D eigenvalue weighted by Gasteiger charge is -2.27. The van der Waals surface area contributed by atoms with E-state index in [1.165, 1.54) is 25.7 Å². The highest BCUT2D eigenvalue weighted by Gasteiger charge is 2.22. The van der Waals surface area contributed by atoms with Crippen molar-refractivity contribution in [2.24, 2.45) is 5.73 Å². The Morgan fingerprint density at radius 3 is 2.68 bits per heavy atom. The topological polar surface area (TPSA) is 53.7 Å². The van der Waals surface area contributed by atoms with Gasteiger partial charge in [-0.05, 0) is 31.4 Å². The molecule has 0 radical (unpaired) electrons. The van der Waals surface area contributed by atoms with Gasteiger partial charge >= 0.3 is 0 Å². The maximum absolute atomic E-state index is 6.23. The predicted molar refractivity (Wildman–Crippen MR) is 72.7 cm³/mol. The molecular weight excluding hydrogens is 242 g/mol. The molecule has 1 aliphatic heterocycles. The van der Waals surface area contributed by atoms with Gasteiger partial charge in [0.05, 0.1) is 0 Å². The van der Waals surface area contributed by atoms with Gasteiger partial charge in [-0.3, -0.25) is 0 Å². The first-order valence-electron chi connectivity index (χ1n) is 7.15. The molecule has 3 rings (SSSR count). The third-order valence-corrected chi connectivity index (χ3v) is 3.89. The molecule has 0 aromatic heterocycles. The van der Waals surface area contributed by atoms with Gasteiger partial charge in [-0.25, -0.2) is 0 Å². The van der Waals surface area contributed by atoms with Crippen molar-refractivity contribution in [1.82, 2.24) is 0 Å². The number of nitrogens with two attached hydrogens (primary N) is 1. The maximum Gasteiger partial charge on any atom is 0.231 e. The highest BCUT2D eigenvalue weighted by Crippen LogP contribution is 2.36. The SMILES string of the molecule is NC1CCCCCCC1Oc1ccc2c(c1)OCO2. The minimum absolute atomic E-state index is 0.112. The molecule has 2 aliphatic rings. The molecule has 1 aliphatic carbocycles. The number of hydrogen-bond acceptors (Lipinski definition) is 4. The highest BCUT2D eigenvalue weighted by molar-refractivity contribution is 5.46. The van der Waals surface area contributed by atoms with Gasteiger partial charge in [0.25, 0.3) is 0 Å². The smallest absolute Gasteiger partial charge is 0.231 e. The molecule has 1 heterocycles. The van der Waals surface area contributed by atoms with Crippen LogP contribution in [-0.4, -0.2) is 18.9 Å². The average Bonchev–Trinajstić information content (AvgIpc) is 2.86. The summed E-state index contributed by atoms with van der Waals surface area (Å²) in [5, 5.41) is 0. The van der Waals surface area contributed by atoms with E-state index >= 15 is 0 Å². The van der Waals surface area contributed by atoms with Crippen LogP contribution in [0.25, 0.3) is 0 Å². The van der Waals surface area contributed by atoms with Crippen LogP contribution in [0.1, 0.15) is 38.5 Å². The molecule has 2 atom stereocenters. The largest absolute Gasteiger partial charge is 0.489 e. The zero-order chi connectivity index (χ0) is 13.1. The summed E-state index contributed by atoms with van der Waals surface area (Å²) >= 11 is 0. The van der Waals surface area contributed by atoms with Gasteiger partial charge in [0.1, 0.15) is 11.9 Å². The first-order chi connectivity index (χ1) is 9.33. The summed E-state index contributed by atoms with van der Waals surface area (Å²) < 4.78 is 16.7. The predicted octanol–water partition coefficient (Wildman–Crippen LogP) is 2.84. The number of benzene rings is 1. The summed E-state index contributed by atoms with van der Waals surface area (Å²) in [6, 6.07) is 5.85. The van der Waals surface area contributed by atoms with Crippen molar-refractivity contribution in [2.75, 3.05) is 6.79 Å².